The van der Waals surface area contributed by atoms with Gasteiger partial charge in [-0.05, 0) is 56.0 Å². The van der Waals surface area contributed by atoms with Gasteiger partial charge in [0.15, 0.2) is 0 Å². The Morgan fingerprint density at radius 3 is 2.48 bits per heavy atom. The molecule has 7 heteroatoms. The molecule has 154 valence electrons. The van der Waals surface area contributed by atoms with Gasteiger partial charge >= 0.3 is 0 Å². The first-order valence-corrected chi connectivity index (χ1v) is 10.5. The fourth-order valence-electron chi connectivity index (χ4n) is 4.28. The van der Waals surface area contributed by atoms with E-state index in [1.807, 2.05) is 17.0 Å². The van der Waals surface area contributed by atoms with E-state index in [2.05, 4.69) is 26.7 Å². The molecule has 1 aromatic carbocycles. The van der Waals surface area contributed by atoms with Crippen LogP contribution in [0.5, 0.6) is 0 Å². The highest BCUT2D eigenvalue weighted by Crippen LogP contribution is 2.22. The summed E-state index contributed by atoms with van der Waals surface area (Å²) >= 11 is 0. The maximum absolute atomic E-state index is 13.1. The van der Waals surface area contributed by atoms with Gasteiger partial charge in [0.25, 0.3) is 5.91 Å². The first-order chi connectivity index (χ1) is 14.2. The van der Waals surface area contributed by atoms with Crippen LogP contribution in [-0.2, 0) is 0 Å². The standard InChI is InChI=1S/C22H28FN5O/c1-2-18-5-3-4-12-28(18)21(29)20-10-11-24-22(25-20)27-15-13-26(14-16-27)19-8-6-17(23)7-9-19/h6-11,18H,2-5,12-16H2,1H3. The Morgan fingerprint density at radius 2 is 1.76 bits per heavy atom. The molecule has 2 fully saturated rings. The molecule has 0 aliphatic carbocycles. The molecular weight excluding hydrogens is 369 g/mol. The molecule has 6 nitrogen and oxygen atoms in total. The fourth-order valence-corrected chi connectivity index (χ4v) is 4.28. The Balaban J connectivity index is 1.42. The van der Waals surface area contributed by atoms with Crippen LogP contribution in [0.3, 0.4) is 0 Å². The second kappa shape index (κ2) is 8.76. The van der Waals surface area contributed by atoms with Gasteiger partial charge in [-0.15, -0.1) is 0 Å². The van der Waals surface area contributed by atoms with E-state index in [9.17, 15) is 9.18 Å². The number of piperidine rings is 1. The van der Waals surface area contributed by atoms with Crippen LogP contribution in [-0.4, -0.2) is 59.5 Å². The molecule has 0 saturated carbocycles. The van der Waals surface area contributed by atoms with Crippen LogP contribution >= 0.6 is 0 Å². The molecule has 1 amide bonds. The number of carbonyl (C=O) groups excluding carboxylic acids is 1. The fraction of sp³-hybridized carbons (Fsp3) is 0.500. The van der Waals surface area contributed by atoms with Gasteiger partial charge in [0.05, 0.1) is 0 Å². The number of aromatic nitrogens is 2. The van der Waals surface area contributed by atoms with E-state index in [0.29, 0.717) is 17.7 Å². The van der Waals surface area contributed by atoms with Crippen LogP contribution < -0.4 is 9.80 Å². The van der Waals surface area contributed by atoms with Gasteiger partial charge in [-0.3, -0.25) is 4.79 Å². The van der Waals surface area contributed by atoms with E-state index >= 15 is 0 Å². The number of hydrogen-bond acceptors (Lipinski definition) is 5. The van der Waals surface area contributed by atoms with Crippen molar-refractivity contribution in [1.29, 1.82) is 0 Å². The summed E-state index contributed by atoms with van der Waals surface area (Å²) in [7, 11) is 0. The third-order valence-corrected chi connectivity index (χ3v) is 5.98. The number of rotatable bonds is 4. The van der Waals surface area contributed by atoms with Crippen molar-refractivity contribution in [2.75, 3.05) is 42.5 Å². The number of anilines is 2. The van der Waals surface area contributed by atoms with Crippen molar-refractivity contribution in [3.8, 4) is 0 Å². The highest BCUT2D eigenvalue weighted by molar-refractivity contribution is 5.92. The van der Waals surface area contributed by atoms with Crippen LogP contribution in [0, 0.1) is 5.82 Å². The number of hydrogen-bond donors (Lipinski definition) is 0. The summed E-state index contributed by atoms with van der Waals surface area (Å²) in [5.74, 6) is 0.408. The monoisotopic (exact) mass is 397 g/mol. The van der Waals surface area contributed by atoms with Crippen molar-refractivity contribution in [3.05, 3.63) is 48.0 Å². The molecule has 0 spiro atoms. The molecule has 1 unspecified atom stereocenters. The Bertz CT molecular complexity index is 835. The minimum atomic E-state index is -0.221. The van der Waals surface area contributed by atoms with Gasteiger partial charge in [0, 0.05) is 50.6 Å². The summed E-state index contributed by atoms with van der Waals surface area (Å²) in [6, 6.07) is 8.64. The zero-order valence-corrected chi connectivity index (χ0v) is 16.9. The molecule has 1 atom stereocenters. The molecular formula is C22H28FN5O. The maximum atomic E-state index is 13.1. The van der Waals surface area contributed by atoms with Gasteiger partial charge in [0.1, 0.15) is 11.5 Å². The predicted octanol–water partition coefficient (Wildman–Crippen LogP) is 3.35. The van der Waals surface area contributed by atoms with E-state index in [0.717, 1.165) is 57.7 Å². The van der Waals surface area contributed by atoms with E-state index < -0.39 is 0 Å². The van der Waals surface area contributed by atoms with E-state index in [-0.39, 0.29) is 11.7 Å². The third-order valence-electron chi connectivity index (χ3n) is 5.98. The summed E-state index contributed by atoms with van der Waals surface area (Å²) in [5, 5.41) is 0. The number of halogens is 1. The first-order valence-electron chi connectivity index (χ1n) is 10.5. The van der Waals surface area contributed by atoms with Crippen molar-refractivity contribution in [2.45, 2.75) is 38.6 Å². The second-order valence-electron chi connectivity index (χ2n) is 7.75. The Morgan fingerprint density at radius 1 is 1.03 bits per heavy atom. The highest BCUT2D eigenvalue weighted by Gasteiger charge is 2.28. The molecule has 2 aliphatic heterocycles. The summed E-state index contributed by atoms with van der Waals surface area (Å²) in [6.45, 7) is 6.08. The number of carbonyl (C=O) groups is 1. The average molecular weight is 397 g/mol. The smallest absolute Gasteiger partial charge is 0.272 e. The van der Waals surface area contributed by atoms with Crippen LogP contribution in [0.2, 0.25) is 0 Å². The number of piperazine rings is 1. The molecule has 2 aromatic rings. The average Bonchev–Trinajstić information content (AvgIpc) is 2.79. The summed E-state index contributed by atoms with van der Waals surface area (Å²) in [6.07, 6.45) is 5.99. The van der Waals surface area contributed by atoms with E-state index in [4.69, 9.17) is 0 Å². The molecule has 0 N–H and O–H groups in total. The molecule has 0 bridgehead atoms. The second-order valence-corrected chi connectivity index (χ2v) is 7.75. The Kier molecular flexibility index (Phi) is 5.92. The topological polar surface area (TPSA) is 52.6 Å². The molecule has 2 saturated heterocycles. The quantitative estimate of drug-likeness (QED) is 0.792. The van der Waals surface area contributed by atoms with Gasteiger partial charge in [-0.2, -0.15) is 0 Å². The van der Waals surface area contributed by atoms with Crippen molar-refractivity contribution in [3.63, 3.8) is 0 Å². The largest absolute Gasteiger partial charge is 0.368 e. The molecule has 3 heterocycles. The number of amides is 1. The zero-order chi connectivity index (χ0) is 20.2. The number of nitrogens with zero attached hydrogens (tertiary/aromatic N) is 5. The van der Waals surface area contributed by atoms with E-state index in [1.165, 1.54) is 18.6 Å². The van der Waals surface area contributed by atoms with Crippen LogP contribution in [0.25, 0.3) is 0 Å². The normalized spacial score (nSPS) is 20.1. The van der Waals surface area contributed by atoms with Gasteiger partial charge in [-0.25, -0.2) is 14.4 Å². The Labute approximate surface area is 171 Å². The zero-order valence-electron chi connectivity index (χ0n) is 16.9. The predicted molar refractivity (Wildman–Crippen MR) is 112 cm³/mol. The molecule has 29 heavy (non-hydrogen) atoms. The third kappa shape index (κ3) is 4.33. The van der Waals surface area contributed by atoms with Crippen molar-refractivity contribution in [1.82, 2.24) is 14.9 Å². The van der Waals surface area contributed by atoms with Gasteiger partial charge in [0.2, 0.25) is 5.95 Å². The summed E-state index contributed by atoms with van der Waals surface area (Å²) in [4.78, 5) is 28.4. The van der Waals surface area contributed by atoms with E-state index in [1.54, 1.807) is 12.3 Å². The summed E-state index contributed by atoms with van der Waals surface area (Å²) < 4.78 is 13.1. The molecule has 1 aromatic heterocycles. The maximum Gasteiger partial charge on any atom is 0.272 e. The van der Waals surface area contributed by atoms with Crippen molar-refractivity contribution in [2.24, 2.45) is 0 Å². The lowest BCUT2D eigenvalue weighted by Crippen LogP contribution is -2.47. The SMILES string of the molecule is CCC1CCCCN1C(=O)c1ccnc(N2CCN(c3ccc(F)cc3)CC2)n1. The van der Waals surface area contributed by atoms with Crippen LogP contribution in [0.4, 0.5) is 16.0 Å². The lowest BCUT2D eigenvalue weighted by atomic mass is 9.99. The van der Waals surface area contributed by atoms with Crippen LogP contribution in [0.15, 0.2) is 36.5 Å². The number of benzene rings is 1. The number of likely N-dealkylation sites (tertiary alicyclic amines) is 1. The molecule has 2 aliphatic rings. The van der Waals surface area contributed by atoms with Crippen LogP contribution in [0.1, 0.15) is 43.1 Å². The van der Waals surface area contributed by atoms with Crippen molar-refractivity contribution >= 4 is 17.5 Å². The highest BCUT2D eigenvalue weighted by atomic mass is 19.1. The lowest BCUT2D eigenvalue weighted by molar-refractivity contribution is 0.0602. The van der Waals surface area contributed by atoms with Gasteiger partial charge in [-0.1, -0.05) is 6.92 Å². The first kappa shape index (κ1) is 19.6. The lowest BCUT2D eigenvalue weighted by Gasteiger charge is -2.36. The minimum absolute atomic E-state index is 0.0187. The Hall–Kier alpha value is -2.70. The molecule has 4 rings (SSSR count). The minimum Gasteiger partial charge on any atom is -0.368 e. The van der Waals surface area contributed by atoms with Crippen molar-refractivity contribution < 1.29 is 9.18 Å². The summed E-state index contributed by atoms with van der Waals surface area (Å²) in [5.41, 5.74) is 1.50. The molecule has 0 radical (unpaired) electrons. The van der Waals surface area contributed by atoms with Gasteiger partial charge < -0.3 is 14.7 Å².